The topological polar surface area (TPSA) is 50.4 Å². The molecule has 2 aliphatic rings. The lowest BCUT2D eigenvalue weighted by atomic mass is 9.95. The SMILES string of the molecule is NC(CC(=S)NC1CCCCC1)=NC1CCCCC1. The van der Waals surface area contributed by atoms with Gasteiger partial charge in [-0.1, -0.05) is 50.7 Å². The lowest BCUT2D eigenvalue weighted by Crippen LogP contribution is -2.37. The standard InChI is InChI=1S/C15H27N3S/c16-14(17-12-7-3-1-4-8-12)11-15(19)18-13-9-5-2-6-10-13/h12-13H,1-11H2,(H2,16,17)(H,18,19). The molecule has 0 amide bonds. The zero-order chi connectivity index (χ0) is 13.5. The Kier molecular flexibility index (Phi) is 6.08. The van der Waals surface area contributed by atoms with Gasteiger partial charge in [0.15, 0.2) is 0 Å². The zero-order valence-electron chi connectivity index (χ0n) is 11.9. The highest BCUT2D eigenvalue weighted by atomic mass is 32.1. The highest BCUT2D eigenvalue weighted by Crippen LogP contribution is 2.20. The van der Waals surface area contributed by atoms with Gasteiger partial charge >= 0.3 is 0 Å². The first-order valence-corrected chi connectivity index (χ1v) is 8.26. The van der Waals surface area contributed by atoms with Crippen molar-refractivity contribution in [2.45, 2.75) is 82.7 Å². The maximum absolute atomic E-state index is 6.03. The molecular formula is C15H27N3S. The van der Waals surface area contributed by atoms with Crippen LogP contribution in [0.3, 0.4) is 0 Å². The molecule has 19 heavy (non-hydrogen) atoms. The van der Waals surface area contributed by atoms with Gasteiger partial charge in [-0.25, -0.2) is 0 Å². The Morgan fingerprint density at radius 2 is 1.58 bits per heavy atom. The van der Waals surface area contributed by atoms with E-state index in [1.807, 2.05) is 0 Å². The molecule has 0 atom stereocenters. The quantitative estimate of drug-likeness (QED) is 0.472. The van der Waals surface area contributed by atoms with Crippen molar-refractivity contribution in [1.29, 1.82) is 0 Å². The van der Waals surface area contributed by atoms with Crippen molar-refractivity contribution in [3.05, 3.63) is 0 Å². The van der Waals surface area contributed by atoms with Crippen molar-refractivity contribution in [2.75, 3.05) is 0 Å². The minimum absolute atomic E-state index is 0.450. The molecule has 2 rings (SSSR count). The Balaban J connectivity index is 1.72. The first-order valence-electron chi connectivity index (χ1n) is 7.85. The lowest BCUT2D eigenvalue weighted by Gasteiger charge is -2.24. The molecule has 2 saturated carbocycles. The van der Waals surface area contributed by atoms with Gasteiger partial charge in [0.2, 0.25) is 0 Å². The molecule has 0 aromatic rings. The summed E-state index contributed by atoms with van der Waals surface area (Å²) in [5, 5.41) is 3.46. The average molecular weight is 281 g/mol. The Hall–Kier alpha value is -0.640. The van der Waals surface area contributed by atoms with E-state index in [9.17, 15) is 0 Å². The van der Waals surface area contributed by atoms with Gasteiger partial charge in [-0.15, -0.1) is 0 Å². The molecule has 0 spiro atoms. The van der Waals surface area contributed by atoms with Gasteiger partial charge in [-0.3, -0.25) is 4.99 Å². The van der Waals surface area contributed by atoms with Gasteiger partial charge in [0.25, 0.3) is 0 Å². The van der Waals surface area contributed by atoms with Crippen LogP contribution >= 0.6 is 12.2 Å². The van der Waals surface area contributed by atoms with Gasteiger partial charge in [0, 0.05) is 6.04 Å². The molecule has 0 aromatic heterocycles. The van der Waals surface area contributed by atoms with E-state index in [1.165, 1.54) is 64.2 Å². The molecule has 3 N–H and O–H groups in total. The van der Waals surface area contributed by atoms with Crippen LogP contribution in [0.2, 0.25) is 0 Å². The second-order valence-electron chi connectivity index (χ2n) is 5.99. The summed E-state index contributed by atoms with van der Waals surface area (Å²) in [6.07, 6.45) is 13.5. The van der Waals surface area contributed by atoms with Gasteiger partial charge in [0.05, 0.1) is 17.5 Å². The number of rotatable bonds is 4. The summed E-state index contributed by atoms with van der Waals surface area (Å²) in [5.41, 5.74) is 6.03. The van der Waals surface area contributed by atoms with Crippen LogP contribution in [0.1, 0.15) is 70.6 Å². The molecule has 0 heterocycles. The summed E-state index contributed by atoms with van der Waals surface area (Å²) in [5.74, 6) is 0.722. The van der Waals surface area contributed by atoms with E-state index in [1.54, 1.807) is 0 Å². The third kappa shape index (κ3) is 5.47. The molecule has 0 bridgehead atoms. The predicted octanol–water partition coefficient (Wildman–Crippen LogP) is 3.32. The van der Waals surface area contributed by atoms with Crippen LogP contribution in [-0.2, 0) is 0 Å². The molecule has 0 saturated heterocycles. The van der Waals surface area contributed by atoms with E-state index >= 15 is 0 Å². The number of thiocarbonyl (C=S) groups is 1. The Morgan fingerprint density at radius 3 is 2.21 bits per heavy atom. The fourth-order valence-corrected chi connectivity index (χ4v) is 3.49. The average Bonchev–Trinajstić information content (AvgIpc) is 2.40. The van der Waals surface area contributed by atoms with E-state index in [0.29, 0.717) is 18.5 Å². The Labute approximate surface area is 122 Å². The van der Waals surface area contributed by atoms with Crippen LogP contribution in [-0.4, -0.2) is 22.9 Å². The molecule has 2 fully saturated rings. The number of nitrogens with one attached hydrogen (secondary N) is 1. The maximum atomic E-state index is 6.03. The van der Waals surface area contributed by atoms with Crippen LogP contribution in [0.15, 0.2) is 4.99 Å². The van der Waals surface area contributed by atoms with Crippen molar-refractivity contribution >= 4 is 23.0 Å². The second-order valence-corrected chi connectivity index (χ2v) is 6.48. The Morgan fingerprint density at radius 1 is 1.00 bits per heavy atom. The number of amidine groups is 1. The maximum Gasteiger partial charge on any atom is 0.101 e. The van der Waals surface area contributed by atoms with Crippen molar-refractivity contribution in [3.8, 4) is 0 Å². The van der Waals surface area contributed by atoms with Gasteiger partial charge in [-0.2, -0.15) is 0 Å². The van der Waals surface area contributed by atoms with Crippen LogP contribution in [0.25, 0.3) is 0 Å². The normalized spacial score (nSPS) is 23.3. The summed E-state index contributed by atoms with van der Waals surface area (Å²) in [6, 6.07) is 1.02. The highest BCUT2D eigenvalue weighted by molar-refractivity contribution is 7.80. The molecule has 3 nitrogen and oxygen atoms in total. The third-order valence-electron chi connectivity index (χ3n) is 4.24. The fourth-order valence-electron chi connectivity index (χ4n) is 3.18. The van der Waals surface area contributed by atoms with Crippen LogP contribution < -0.4 is 11.1 Å². The van der Waals surface area contributed by atoms with E-state index in [0.717, 1.165) is 10.8 Å². The lowest BCUT2D eigenvalue weighted by molar-refractivity contribution is 0.414. The first kappa shape index (κ1) is 14.8. The molecule has 0 aromatic carbocycles. The molecular weight excluding hydrogens is 254 g/mol. The van der Waals surface area contributed by atoms with E-state index < -0.39 is 0 Å². The minimum atomic E-state index is 0.450. The molecule has 108 valence electrons. The largest absolute Gasteiger partial charge is 0.387 e. The van der Waals surface area contributed by atoms with Gasteiger partial charge < -0.3 is 11.1 Å². The second kappa shape index (κ2) is 7.83. The van der Waals surface area contributed by atoms with Gasteiger partial charge in [0.1, 0.15) is 5.84 Å². The predicted molar refractivity (Wildman–Crippen MR) is 85.7 cm³/mol. The zero-order valence-corrected chi connectivity index (χ0v) is 12.7. The van der Waals surface area contributed by atoms with Crippen LogP contribution in [0.4, 0.5) is 0 Å². The molecule has 0 radical (unpaired) electrons. The summed E-state index contributed by atoms with van der Waals surface area (Å²) in [4.78, 5) is 5.51. The van der Waals surface area contributed by atoms with Crippen LogP contribution in [0, 0.1) is 0 Å². The number of nitrogens with two attached hydrogens (primary N) is 1. The monoisotopic (exact) mass is 281 g/mol. The van der Waals surface area contributed by atoms with E-state index in [4.69, 9.17) is 18.0 Å². The first-order chi connectivity index (χ1) is 9.24. The third-order valence-corrected chi connectivity index (χ3v) is 4.50. The molecule has 2 aliphatic carbocycles. The summed E-state index contributed by atoms with van der Waals surface area (Å²) < 4.78 is 0. The van der Waals surface area contributed by atoms with Crippen molar-refractivity contribution in [1.82, 2.24) is 5.32 Å². The van der Waals surface area contributed by atoms with E-state index in [-0.39, 0.29) is 0 Å². The van der Waals surface area contributed by atoms with E-state index in [2.05, 4.69) is 10.3 Å². The summed E-state index contributed by atoms with van der Waals surface area (Å²) in [7, 11) is 0. The summed E-state index contributed by atoms with van der Waals surface area (Å²) in [6.45, 7) is 0. The smallest absolute Gasteiger partial charge is 0.101 e. The van der Waals surface area contributed by atoms with Crippen LogP contribution in [0.5, 0.6) is 0 Å². The highest BCUT2D eigenvalue weighted by Gasteiger charge is 2.15. The van der Waals surface area contributed by atoms with Crippen molar-refractivity contribution in [2.24, 2.45) is 10.7 Å². The van der Waals surface area contributed by atoms with Crippen molar-refractivity contribution < 1.29 is 0 Å². The van der Waals surface area contributed by atoms with Gasteiger partial charge in [-0.05, 0) is 25.7 Å². The number of hydrogen-bond acceptors (Lipinski definition) is 2. The number of nitrogens with zero attached hydrogens (tertiary/aromatic N) is 1. The molecule has 0 unspecified atom stereocenters. The Bertz CT molecular complexity index is 315. The number of aliphatic imine (C=N–C) groups is 1. The number of hydrogen-bond donors (Lipinski definition) is 2. The summed E-state index contributed by atoms with van der Waals surface area (Å²) >= 11 is 5.41. The fraction of sp³-hybridized carbons (Fsp3) is 0.867. The minimum Gasteiger partial charge on any atom is -0.387 e. The molecule has 0 aliphatic heterocycles. The van der Waals surface area contributed by atoms with Crippen molar-refractivity contribution in [3.63, 3.8) is 0 Å². The molecule has 4 heteroatoms.